The highest BCUT2D eigenvalue weighted by Gasteiger charge is 2.24. The van der Waals surface area contributed by atoms with Gasteiger partial charge in [-0.3, -0.25) is 10.1 Å². The highest BCUT2D eigenvalue weighted by molar-refractivity contribution is 5.93. The summed E-state index contributed by atoms with van der Waals surface area (Å²) in [6.45, 7) is 5.35. The number of rotatable bonds is 3. The number of aromatic nitrogens is 3. The Balaban J connectivity index is 1.35. The number of carbonyl (C=O) groups excluding carboxylic acids is 1. The number of aryl methyl sites for hydroxylation is 2. The SMILES string of the molecule is Cc1cnccc1OC1CCN(C(=O)Nc2cc(C)c3cn[nH]c3c2)CC1. The summed E-state index contributed by atoms with van der Waals surface area (Å²) in [5.41, 5.74) is 3.81. The number of piperidine rings is 1. The molecule has 0 spiro atoms. The van der Waals surface area contributed by atoms with Crippen molar-refractivity contribution in [2.75, 3.05) is 18.4 Å². The number of anilines is 1. The summed E-state index contributed by atoms with van der Waals surface area (Å²) in [5.74, 6) is 0.872. The number of likely N-dealkylation sites (tertiary alicyclic amines) is 1. The van der Waals surface area contributed by atoms with E-state index in [0.717, 1.165) is 46.3 Å². The van der Waals surface area contributed by atoms with Crippen LogP contribution in [0.1, 0.15) is 24.0 Å². The number of carbonyl (C=O) groups is 1. The molecule has 1 saturated heterocycles. The van der Waals surface area contributed by atoms with Gasteiger partial charge in [0, 0.05) is 55.0 Å². The van der Waals surface area contributed by atoms with Crippen LogP contribution < -0.4 is 10.1 Å². The molecule has 27 heavy (non-hydrogen) atoms. The molecule has 3 heterocycles. The van der Waals surface area contributed by atoms with Crippen LogP contribution in [0.3, 0.4) is 0 Å². The predicted octanol–water partition coefficient (Wildman–Crippen LogP) is 3.65. The lowest BCUT2D eigenvalue weighted by Crippen LogP contribution is -2.43. The molecule has 140 valence electrons. The van der Waals surface area contributed by atoms with Crippen LogP contribution >= 0.6 is 0 Å². The molecule has 0 atom stereocenters. The van der Waals surface area contributed by atoms with Gasteiger partial charge < -0.3 is 15.0 Å². The van der Waals surface area contributed by atoms with Crippen molar-refractivity contribution in [1.29, 1.82) is 0 Å². The normalized spacial score (nSPS) is 15.1. The molecule has 0 saturated carbocycles. The van der Waals surface area contributed by atoms with Crippen molar-refractivity contribution >= 4 is 22.6 Å². The molecular formula is C20H23N5O2. The minimum absolute atomic E-state index is 0.0770. The van der Waals surface area contributed by atoms with E-state index < -0.39 is 0 Å². The van der Waals surface area contributed by atoms with Gasteiger partial charge in [-0.2, -0.15) is 5.10 Å². The lowest BCUT2D eigenvalue weighted by Gasteiger charge is -2.32. The van der Waals surface area contributed by atoms with Crippen LogP contribution in [0.25, 0.3) is 10.9 Å². The molecule has 1 fully saturated rings. The van der Waals surface area contributed by atoms with Crippen LogP contribution in [0.2, 0.25) is 0 Å². The second-order valence-electron chi connectivity index (χ2n) is 7.00. The van der Waals surface area contributed by atoms with E-state index in [1.54, 1.807) is 18.6 Å². The quantitative estimate of drug-likeness (QED) is 0.742. The van der Waals surface area contributed by atoms with E-state index in [1.807, 2.05) is 36.9 Å². The monoisotopic (exact) mass is 365 g/mol. The van der Waals surface area contributed by atoms with Crippen molar-refractivity contribution in [3.8, 4) is 5.75 Å². The van der Waals surface area contributed by atoms with E-state index in [9.17, 15) is 4.79 Å². The largest absolute Gasteiger partial charge is 0.490 e. The van der Waals surface area contributed by atoms with Gasteiger partial charge in [-0.25, -0.2) is 4.79 Å². The molecule has 2 amide bonds. The molecule has 1 aromatic carbocycles. The molecule has 0 radical (unpaired) electrons. The smallest absolute Gasteiger partial charge is 0.321 e. The van der Waals surface area contributed by atoms with E-state index in [1.165, 1.54) is 0 Å². The van der Waals surface area contributed by atoms with Gasteiger partial charge in [0.05, 0.1) is 11.7 Å². The van der Waals surface area contributed by atoms with Crippen molar-refractivity contribution in [1.82, 2.24) is 20.1 Å². The van der Waals surface area contributed by atoms with Crippen molar-refractivity contribution < 1.29 is 9.53 Å². The second-order valence-corrected chi connectivity index (χ2v) is 7.00. The number of pyridine rings is 1. The molecule has 0 unspecified atom stereocenters. The molecule has 0 bridgehead atoms. The minimum atomic E-state index is -0.0770. The molecule has 7 heteroatoms. The maximum Gasteiger partial charge on any atom is 0.321 e. The number of urea groups is 1. The van der Waals surface area contributed by atoms with E-state index in [4.69, 9.17) is 4.74 Å². The van der Waals surface area contributed by atoms with Gasteiger partial charge in [0.25, 0.3) is 0 Å². The first-order chi connectivity index (χ1) is 13.1. The molecule has 1 aliphatic heterocycles. The number of benzene rings is 1. The number of fused-ring (bicyclic) bond motifs is 1. The zero-order valence-corrected chi connectivity index (χ0v) is 15.5. The first-order valence-electron chi connectivity index (χ1n) is 9.17. The van der Waals surface area contributed by atoms with Gasteiger partial charge in [0.1, 0.15) is 11.9 Å². The van der Waals surface area contributed by atoms with Gasteiger partial charge in [0.2, 0.25) is 0 Å². The topological polar surface area (TPSA) is 83.1 Å². The Morgan fingerprint density at radius 3 is 2.81 bits per heavy atom. The van der Waals surface area contributed by atoms with Gasteiger partial charge in [-0.15, -0.1) is 0 Å². The van der Waals surface area contributed by atoms with Crippen molar-refractivity contribution in [3.63, 3.8) is 0 Å². The Labute approximate surface area is 157 Å². The van der Waals surface area contributed by atoms with Crippen LogP contribution in [-0.4, -0.2) is 45.3 Å². The number of hydrogen-bond donors (Lipinski definition) is 2. The van der Waals surface area contributed by atoms with Gasteiger partial charge in [0.15, 0.2) is 0 Å². The zero-order valence-electron chi connectivity index (χ0n) is 15.5. The highest BCUT2D eigenvalue weighted by Crippen LogP contribution is 2.24. The number of H-pyrrole nitrogens is 1. The third kappa shape index (κ3) is 3.72. The molecule has 4 rings (SSSR count). The average molecular weight is 365 g/mol. The van der Waals surface area contributed by atoms with Crippen molar-refractivity contribution in [2.24, 2.45) is 0 Å². The van der Waals surface area contributed by atoms with Crippen LogP contribution in [0.15, 0.2) is 36.8 Å². The number of nitrogens with zero attached hydrogens (tertiary/aromatic N) is 3. The molecular weight excluding hydrogens is 342 g/mol. The van der Waals surface area contributed by atoms with Gasteiger partial charge >= 0.3 is 6.03 Å². The van der Waals surface area contributed by atoms with Crippen molar-refractivity contribution in [2.45, 2.75) is 32.8 Å². The minimum Gasteiger partial charge on any atom is -0.490 e. The zero-order chi connectivity index (χ0) is 18.8. The summed E-state index contributed by atoms with van der Waals surface area (Å²) in [7, 11) is 0. The Kier molecular flexibility index (Phi) is 4.66. The Bertz CT molecular complexity index is 960. The maximum absolute atomic E-state index is 12.6. The summed E-state index contributed by atoms with van der Waals surface area (Å²) in [6, 6.07) is 5.70. The summed E-state index contributed by atoms with van der Waals surface area (Å²) < 4.78 is 6.08. The average Bonchev–Trinajstić information content (AvgIpc) is 3.13. The predicted molar refractivity (Wildman–Crippen MR) is 104 cm³/mol. The number of hydrogen-bond acceptors (Lipinski definition) is 4. The van der Waals surface area contributed by atoms with Crippen LogP contribution in [-0.2, 0) is 0 Å². The lowest BCUT2D eigenvalue weighted by atomic mass is 10.1. The van der Waals surface area contributed by atoms with Crippen molar-refractivity contribution in [3.05, 3.63) is 47.9 Å². The van der Waals surface area contributed by atoms with Crippen LogP contribution in [0.5, 0.6) is 5.75 Å². The number of ether oxygens (including phenoxy) is 1. The molecule has 3 aromatic rings. The summed E-state index contributed by atoms with van der Waals surface area (Å²) in [4.78, 5) is 18.5. The second kappa shape index (κ2) is 7.26. The number of nitrogens with one attached hydrogen (secondary N) is 2. The third-order valence-corrected chi connectivity index (χ3v) is 5.01. The van der Waals surface area contributed by atoms with E-state index in [-0.39, 0.29) is 12.1 Å². The fourth-order valence-corrected chi connectivity index (χ4v) is 3.45. The van der Waals surface area contributed by atoms with E-state index >= 15 is 0 Å². The Morgan fingerprint density at radius 2 is 2.04 bits per heavy atom. The first-order valence-corrected chi connectivity index (χ1v) is 9.17. The molecule has 1 aliphatic rings. The van der Waals surface area contributed by atoms with Gasteiger partial charge in [-0.05, 0) is 37.6 Å². The van der Waals surface area contributed by atoms with E-state index in [0.29, 0.717) is 13.1 Å². The van der Waals surface area contributed by atoms with Crippen LogP contribution in [0, 0.1) is 13.8 Å². The van der Waals surface area contributed by atoms with Crippen LogP contribution in [0.4, 0.5) is 10.5 Å². The Hall–Kier alpha value is -3.09. The molecule has 7 nitrogen and oxygen atoms in total. The highest BCUT2D eigenvalue weighted by atomic mass is 16.5. The number of amides is 2. The lowest BCUT2D eigenvalue weighted by molar-refractivity contribution is 0.115. The summed E-state index contributed by atoms with van der Waals surface area (Å²) in [5, 5.41) is 11.1. The molecule has 2 N–H and O–H groups in total. The fraction of sp³-hybridized carbons (Fsp3) is 0.350. The van der Waals surface area contributed by atoms with E-state index in [2.05, 4.69) is 20.5 Å². The third-order valence-electron chi connectivity index (χ3n) is 5.01. The maximum atomic E-state index is 12.6. The fourth-order valence-electron chi connectivity index (χ4n) is 3.45. The number of aromatic amines is 1. The molecule has 2 aromatic heterocycles. The molecule has 0 aliphatic carbocycles. The standard InChI is InChI=1S/C20H23N5O2/c1-13-9-15(10-18-17(13)12-22-24-18)23-20(26)25-7-4-16(5-8-25)27-19-3-6-21-11-14(19)2/h3,6,9-12,16H,4-5,7-8H2,1-2H3,(H,22,24)(H,23,26). The summed E-state index contributed by atoms with van der Waals surface area (Å²) in [6.07, 6.45) is 7.09. The van der Waals surface area contributed by atoms with Gasteiger partial charge in [-0.1, -0.05) is 0 Å². The summed E-state index contributed by atoms with van der Waals surface area (Å²) >= 11 is 0. The Morgan fingerprint density at radius 1 is 1.22 bits per heavy atom. The first kappa shape index (κ1) is 17.3.